The lowest BCUT2D eigenvalue weighted by atomic mass is 9.91. The second-order valence-corrected chi connectivity index (χ2v) is 6.24. The van der Waals surface area contributed by atoms with Crippen LogP contribution in [0.2, 0.25) is 0 Å². The number of benzene rings is 1. The van der Waals surface area contributed by atoms with Crippen LogP contribution in [0.15, 0.2) is 24.3 Å². The molecule has 1 aliphatic rings. The summed E-state index contributed by atoms with van der Waals surface area (Å²) in [6.45, 7) is 2.20. The number of hydrogen-bond donors (Lipinski definition) is 1. The van der Waals surface area contributed by atoms with Gasteiger partial charge in [-0.05, 0) is 30.4 Å². The lowest BCUT2D eigenvalue weighted by Gasteiger charge is -2.23. The Balaban J connectivity index is 2.18. The maximum Gasteiger partial charge on any atom is 0.0896 e. The third-order valence-electron chi connectivity index (χ3n) is 3.60. The third kappa shape index (κ3) is 2.43. The Kier molecular flexibility index (Phi) is 3.90. The first-order chi connectivity index (χ1) is 7.65. The van der Waals surface area contributed by atoms with E-state index in [9.17, 15) is 5.11 Å². The summed E-state index contributed by atoms with van der Waals surface area (Å²) in [6.07, 6.45) is 5.32. The van der Waals surface area contributed by atoms with Crippen LogP contribution in [-0.4, -0.2) is 5.11 Å². The fourth-order valence-electron chi connectivity index (χ4n) is 2.49. The minimum Gasteiger partial charge on any atom is -0.385 e. The van der Waals surface area contributed by atoms with Gasteiger partial charge in [-0.2, -0.15) is 0 Å². The summed E-state index contributed by atoms with van der Waals surface area (Å²) in [5.41, 5.74) is 1.94. The van der Waals surface area contributed by atoms with Gasteiger partial charge in [0.25, 0.3) is 0 Å². The molecule has 0 bridgehead atoms. The Morgan fingerprint density at radius 2 is 1.81 bits per heavy atom. The van der Waals surface area contributed by atoms with Crippen LogP contribution in [0.4, 0.5) is 0 Å². The molecule has 0 radical (unpaired) electrons. The molecule has 1 aliphatic carbocycles. The molecule has 0 aromatic heterocycles. The fourth-order valence-corrected chi connectivity index (χ4v) is 2.90. The van der Waals surface area contributed by atoms with Crippen molar-refractivity contribution in [1.82, 2.24) is 0 Å². The van der Waals surface area contributed by atoms with Crippen LogP contribution >= 0.6 is 22.6 Å². The van der Waals surface area contributed by atoms with Gasteiger partial charge in [0.2, 0.25) is 0 Å². The molecule has 1 unspecified atom stereocenters. The average molecular weight is 330 g/mol. The third-order valence-corrected chi connectivity index (χ3v) is 5.20. The van der Waals surface area contributed by atoms with Crippen molar-refractivity contribution < 1.29 is 5.11 Å². The number of hydrogen-bond acceptors (Lipinski definition) is 1. The molecule has 0 amide bonds. The Morgan fingerprint density at radius 1 is 1.25 bits per heavy atom. The van der Waals surface area contributed by atoms with Crippen molar-refractivity contribution in [2.75, 3.05) is 0 Å². The Labute approximate surface area is 111 Å². The molecule has 1 N–H and O–H groups in total. The highest BCUT2D eigenvalue weighted by Crippen LogP contribution is 2.39. The van der Waals surface area contributed by atoms with Crippen molar-refractivity contribution in [1.29, 1.82) is 0 Å². The highest BCUT2D eigenvalue weighted by molar-refractivity contribution is 14.1. The molecule has 0 spiro atoms. The monoisotopic (exact) mass is 330 g/mol. The quantitative estimate of drug-likeness (QED) is 0.646. The van der Waals surface area contributed by atoms with Gasteiger partial charge in [0, 0.05) is 3.92 Å². The van der Waals surface area contributed by atoms with E-state index in [1.165, 1.54) is 5.56 Å². The largest absolute Gasteiger partial charge is 0.385 e. The number of aliphatic hydroxyl groups is 1. The molecule has 88 valence electrons. The van der Waals surface area contributed by atoms with Crippen molar-refractivity contribution >= 4 is 22.6 Å². The molecule has 16 heavy (non-hydrogen) atoms. The number of rotatable bonds is 3. The molecular formula is C14H19IO. The van der Waals surface area contributed by atoms with E-state index in [0.717, 1.165) is 37.7 Å². The zero-order valence-corrected chi connectivity index (χ0v) is 11.9. The smallest absolute Gasteiger partial charge is 0.0896 e. The lowest BCUT2D eigenvalue weighted by molar-refractivity contribution is 0.0444. The van der Waals surface area contributed by atoms with Crippen molar-refractivity contribution in [2.45, 2.75) is 48.6 Å². The molecule has 1 fully saturated rings. The summed E-state index contributed by atoms with van der Waals surface area (Å²) in [4.78, 5) is 0. The maximum atomic E-state index is 10.4. The van der Waals surface area contributed by atoms with Crippen LogP contribution in [0.3, 0.4) is 0 Å². The normalized spacial score (nSPS) is 20.9. The van der Waals surface area contributed by atoms with Gasteiger partial charge in [-0.25, -0.2) is 0 Å². The van der Waals surface area contributed by atoms with Gasteiger partial charge in [-0.3, -0.25) is 0 Å². The molecule has 0 aliphatic heterocycles. The second-order valence-electron chi connectivity index (χ2n) is 4.74. The molecule has 2 rings (SSSR count). The Hall–Kier alpha value is -0.0900. The highest BCUT2D eigenvalue weighted by Gasteiger charge is 2.32. The zero-order chi connectivity index (χ0) is 11.6. The molecule has 1 aromatic rings. The summed E-state index contributed by atoms with van der Waals surface area (Å²) in [6, 6.07) is 8.57. The van der Waals surface area contributed by atoms with E-state index in [2.05, 4.69) is 53.8 Å². The predicted molar refractivity (Wildman–Crippen MR) is 75.9 cm³/mol. The van der Waals surface area contributed by atoms with Gasteiger partial charge >= 0.3 is 0 Å². The Bertz CT molecular complexity index is 338. The van der Waals surface area contributed by atoms with Crippen LogP contribution in [0, 0.1) is 0 Å². The highest BCUT2D eigenvalue weighted by atomic mass is 127. The average Bonchev–Trinajstić information content (AvgIpc) is 2.77. The SMILES string of the molecule is CCC(I)c1ccc(C2(O)CCCC2)cc1. The van der Waals surface area contributed by atoms with E-state index in [1.807, 2.05) is 0 Å². The molecule has 1 aromatic carbocycles. The van der Waals surface area contributed by atoms with Crippen LogP contribution in [0.1, 0.15) is 54.1 Å². The summed E-state index contributed by atoms with van der Waals surface area (Å²) < 4.78 is 0.588. The summed E-state index contributed by atoms with van der Waals surface area (Å²) in [7, 11) is 0. The van der Waals surface area contributed by atoms with E-state index in [0.29, 0.717) is 3.92 Å². The number of halogens is 1. The molecule has 1 atom stereocenters. The Morgan fingerprint density at radius 3 is 2.31 bits per heavy atom. The second kappa shape index (κ2) is 5.05. The molecule has 2 heteroatoms. The van der Waals surface area contributed by atoms with Crippen molar-refractivity contribution in [3.63, 3.8) is 0 Å². The fraction of sp³-hybridized carbons (Fsp3) is 0.571. The van der Waals surface area contributed by atoms with E-state index in [4.69, 9.17) is 0 Å². The summed E-state index contributed by atoms with van der Waals surface area (Å²) in [5.74, 6) is 0. The van der Waals surface area contributed by atoms with Gasteiger partial charge in [0.05, 0.1) is 5.60 Å². The minimum absolute atomic E-state index is 0.536. The van der Waals surface area contributed by atoms with Gasteiger partial charge in [0.15, 0.2) is 0 Å². The predicted octanol–water partition coefficient (Wildman–Crippen LogP) is 4.33. The summed E-state index contributed by atoms with van der Waals surface area (Å²) >= 11 is 2.47. The molecule has 1 saturated carbocycles. The van der Waals surface area contributed by atoms with E-state index < -0.39 is 5.60 Å². The van der Waals surface area contributed by atoms with Crippen LogP contribution in [0.5, 0.6) is 0 Å². The van der Waals surface area contributed by atoms with Gasteiger partial charge in [0.1, 0.15) is 0 Å². The van der Waals surface area contributed by atoms with Crippen LogP contribution in [-0.2, 0) is 5.60 Å². The molecule has 1 nitrogen and oxygen atoms in total. The first kappa shape index (κ1) is 12.4. The number of alkyl halides is 1. The van der Waals surface area contributed by atoms with Crippen LogP contribution < -0.4 is 0 Å². The first-order valence-electron chi connectivity index (χ1n) is 6.12. The van der Waals surface area contributed by atoms with Crippen LogP contribution in [0.25, 0.3) is 0 Å². The van der Waals surface area contributed by atoms with Gasteiger partial charge in [-0.1, -0.05) is 66.6 Å². The van der Waals surface area contributed by atoms with E-state index >= 15 is 0 Å². The lowest BCUT2D eigenvalue weighted by Crippen LogP contribution is -2.20. The molecule has 0 heterocycles. The van der Waals surface area contributed by atoms with Crippen molar-refractivity contribution in [2.24, 2.45) is 0 Å². The topological polar surface area (TPSA) is 20.2 Å². The summed E-state index contributed by atoms with van der Waals surface area (Å²) in [5, 5.41) is 10.4. The van der Waals surface area contributed by atoms with Crippen molar-refractivity contribution in [3.8, 4) is 0 Å². The maximum absolute atomic E-state index is 10.4. The molecular weight excluding hydrogens is 311 g/mol. The van der Waals surface area contributed by atoms with Gasteiger partial charge < -0.3 is 5.11 Å². The van der Waals surface area contributed by atoms with Gasteiger partial charge in [-0.15, -0.1) is 0 Å². The first-order valence-corrected chi connectivity index (χ1v) is 7.37. The standard InChI is InChI=1S/C14H19IO/c1-2-13(15)11-5-7-12(8-6-11)14(16)9-3-4-10-14/h5-8,13,16H,2-4,9-10H2,1H3. The van der Waals surface area contributed by atoms with Crippen molar-refractivity contribution in [3.05, 3.63) is 35.4 Å². The van der Waals surface area contributed by atoms with E-state index in [1.54, 1.807) is 0 Å². The molecule has 0 saturated heterocycles. The van der Waals surface area contributed by atoms with E-state index in [-0.39, 0.29) is 0 Å². The minimum atomic E-state index is -0.536. The zero-order valence-electron chi connectivity index (χ0n) is 9.75.